The van der Waals surface area contributed by atoms with Crippen LogP contribution in [0.15, 0.2) is 24.5 Å². The van der Waals surface area contributed by atoms with Gasteiger partial charge in [0.25, 0.3) is 5.91 Å². The van der Waals surface area contributed by atoms with Gasteiger partial charge in [0, 0.05) is 6.54 Å². The molecular weight excluding hydrogens is 263 g/mol. The van der Waals surface area contributed by atoms with E-state index in [-0.39, 0.29) is 17.8 Å². The Hall–Kier alpha value is -2.48. The molecule has 2 aromatic rings. The molecule has 106 valence electrons. The molecule has 4 N–H and O–H groups in total. The third-order valence-electron chi connectivity index (χ3n) is 2.85. The molecule has 0 fully saturated rings. The molecule has 0 spiro atoms. The lowest BCUT2D eigenvalue weighted by Crippen LogP contribution is -2.26. The third kappa shape index (κ3) is 2.75. The van der Waals surface area contributed by atoms with Crippen LogP contribution in [-0.4, -0.2) is 20.7 Å². The van der Waals surface area contributed by atoms with Gasteiger partial charge in [0.05, 0.1) is 17.8 Å². The van der Waals surface area contributed by atoms with Gasteiger partial charge in [-0.2, -0.15) is 0 Å². The zero-order valence-electron chi connectivity index (χ0n) is 10.9. The van der Waals surface area contributed by atoms with E-state index in [9.17, 15) is 9.18 Å². The van der Waals surface area contributed by atoms with E-state index in [0.717, 1.165) is 0 Å². The second-order valence-electron chi connectivity index (χ2n) is 4.02. The van der Waals surface area contributed by atoms with Crippen LogP contribution in [0.25, 0.3) is 0 Å². The van der Waals surface area contributed by atoms with Crippen LogP contribution in [0.3, 0.4) is 0 Å². The number of hydrogen-bond acceptors (Lipinski definition) is 5. The second-order valence-corrected chi connectivity index (χ2v) is 4.02. The largest absolute Gasteiger partial charge is 0.345 e. The number of halogens is 1. The van der Waals surface area contributed by atoms with Crippen LogP contribution in [0.1, 0.15) is 23.1 Å². The summed E-state index contributed by atoms with van der Waals surface area (Å²) in [6, 6.07) is 4.15. The summed E-state index contributed by atoms with van der Waals surface area (Å²) in [6.45, 7) is 2.85. The molecule has 0 aliphatic heterocycles. The number of nitrogens with zero attached hydrogens (tertiary/aromatic N) is 3. The lowest BCUT2D eigenvalue weighted by molar-refractivity contribution is 0.0950. The molecule has 7 nitrogen and oxygen atoms in total. The van der Waals surface area contributed by atoms with Crippen LogP contribution >= 0.6 is 0 Å². The number of aromatic nitrogens is 3. The minimum absolute atomic E-state index is 0.0399. The molecule has 1 heterocycles. The number of nitrogen functional groups attached to an aromatic ring is 1. The SMILES string of the molecule is CCn1cnnc1CNC(=O)c1cccc(F)c1NN. The van der Waals surface area contributed by atoms with Crippen molar-refractivity contribution in [3.8, 4) is 0 Å². The zero-order valence-corrected chi connectivity index (χ0v) is 10.9. The molecule has 8 heteroatoms. The predicted molar refractivity (Wildman–Crippen MR) is 71.1 cm³/mol. The molecule has 2 rings (SSSR count). The van der Waals surface area contributed by atoms with Gasteiger partial charge in [-0.3, -0.25) is 10.6 Å². The van der Waals surface area contributed by atoms with E-state index in [0.29, 0.717) is 12.4 Å². The molecule has 20 heavy (non-hydrogen) atoms. The number of carbonyl (C=O) groups excluding carboxylic acids is 1. The normalized spacial score (nSPS) is 10.3. The topological polar surface area (TPSA) is 97.9 Å². The number of benzene rings is 1. The summed E-state index contributed by atoms with van der Waals surface area (Å²) in [7, 11) is 0. The quantitative estimate of drug-likeness (QED) is 0.551. The van der Waals surface area contributed by atoms with Crippen molar-refractivity contribution in [2.75, 3.05) is 5.43 Å². The molecular formula is C12H15FN6O. The van der Waals surface area contributed by atoms with Gasteiger partial charge >= 0.3 is 0 Å². The van der Waals surface area contributed by atoms with Crippen LogP contribution in [0.4, 0.5) is 10.1 Å². The Morgan fingerprint density at radius 1 is 1.50 bits per heavy atom. The summed E-state index contributed by atoms with van der Waals surface area (Å²) in [5.41, 5.74) is 2.29. The summed E-state index contributed by atoms with van der Waals surface area (Å²) in [6.07, 6.45) is 1.58. The number of nitrogens with two attached hydrogens (primary N) is 1. The number of carbonyl (C=O) groups is 1. The molecule has 0 aliphatic rings. The van der Waals surface area contributed by atoms with E-state index in [1.165, 1.54) is 18.2 Å². The monoisotopic (exact) mass is 278 g/mol. The van der Waals surface area contributed by atoms with E-state index < -0.39 is 11.7 Å². The minimum Gasteiger partial charge on any atom is -0.345 e. The fourth-order valence-corrected chi connectivity index (χ4v) is 1.79. The first kappa shape index (κ1) is 13.9. The van der Waals surface area contributed by atoms with E-state index in [1.54, 1.807) is 10.9 Å². The standard InChI is InChI=1S/C12H15FN6O/c1-2-19-7-16-18-10(19)6-15-12(20)8-4-3-5-9(13)11(8)17-14/h3-5,7,17H,2,6,14H2,1H3,(H,15,20). The van der Waals surface area contributed by atoms with Crippen LogP contribution in [-0.2, 0) is 13.1 Å². The summed E-state index contributed by atoms with van der Waals surface area (Å²) < 4.78 is 15.3. The molecule has 1 aromatic carbocycles. The van der Waals surface area contributed by atoms with Gasteiger partial charge in [0.1, 0.15) is 12.1 Å². The first-order chi connectivity index (χ1) is 9.67. The van der Waals surface area contributed by atoms with Crippen molar-refractivity contribution in [1.29, 1.82) is 0 Å². The molecule has 0 atom stereocenters. The average Bonchev–Trinajstić information content (AvgIpc) is 2.91. The van der Waals surface area contributed by atoms with Crippen LogP contribution in [0.2, 0.25) is 0 Å². The summed E-state index contributed by atoms with van der Waals surface area (Å²) in [5, 5.41) is 10.3. The van der Waals surface area contributed by atoms with E-state index in [1.807, 2.05) is 6.92 Å². The summed E-state index contributed by atoms with van der Waals surface area (Å²) in [4.78, 5) is 12.0. The number of para-hydroxylation sites is 1. The van der Waals surface area contributed by atoms with Gasteiger partial charge in [-0.15, -0.1) is 10.2 Å². The fraction of sp³-hybridized carbons (Fsp3) is 0.250. The lowest BCUT2D eigenvalue weighted by atomic mass is 10.1. The van der Waals surface area contributed by atoms with Gasteiger partial charge in [-0.25, -0.2) is 4.39 Å². The Bertz CT molecular complexity index is 612. The lowest BCUT2D eigenvalue weighted by Gasteiger charge is -2.10. The van der Waals surface area contributed by atoms with Crippen molar-refractivity contribution >= 4 is 11.6 Å². The number of hydrogen-bond donors (Lipinski definition) is 3. The maximum atomic E-state index is 13.5. The van der Waals surface area contributed by atoms with Crippen molar-refractivity contribution in [3.63, 3.8) is 0 Å². The summed E-state index contributed by atoms with van der Waals surface area (Å²) in [5.74, 6) is 4.83. The van der Waals surface area contributed by atoms with Gasteiger partial charge in [0.15, 0.2) is 5.82 Å². The van der Waals surface area contributed by atoms with Crippen LogP contribution in [0, 0.1) is 5.82 Å². The smallest absolute Gasteiger partial charge is 0.253 e. The number of nitrogens with one attached hydrogen (secondary N) is 2. The maximum Gasteiger partial charge on any atom is 0.253 e. The highest BCUT2D eigenvalue weighted by Gasteiger charge is 2.14. The Kier molecular flexibility index (Phi) is 4.26. The van der Waals surface area contributed by atoms with Crippen LogP contribution < -0.4 is 16.6 Å². The number of aryl methyl sites for hydroxylation is 1. The Labute approximate surface area is 115 Å². The van der Waals surface area contributed by atoms with Gasteiger partial charge < -0.3 is 15.3 Å². The minimum atomic E-state index is -0.586. The van der Waals surface area contributed by atoms with Crippen molar-refractivity contribution in [2.45, 2.75) is 20.0 Å². The number of hydrazine groups is 1. The molecule has 0 bridgehead atoms. The average molecular weight is 278 g/mol. The van der Waals surface area contributed by atoms with Crippen molar-refractivity contribution in [3.05, 3.63) is 41.7 Å². The van der Waals surface area contributed by atoms with Gasteiger partial charge in [0.2, 0.25) is 0 Å². The van der Waals surface area contributed by atoms with Crippen molar-refractivity contribution < 1.29 is 9.18 Å². The molecule has 0 saturated heterocycles. The van der Waals surface area contributed by atoms with Gasteiger partial charge in [-0.1, -0.05) is 6.07 Å². The van der Waals surface area contributed by atoms with Crippen molar-refractivity contribution in [1.82, 2.24) is 20.1 Å². The van der Waals surface area contributed by atoms with E-state index in [2.05, 4.69) is 20.9 Å². The van der Waals surface area contributed by atoms with Crippen LogP contribution in [0.5, 0.6) is 0 Å². The number of rotatable bonds is 5. The summed E-state index contributed by atoms with van der Waals surface area (Å²) >= 11 is 0. The Morgan fingerprint density at radius 2 is 2.30 bits per heavy atom. The van der Waals surface area contributed by atoms with E-state index in [4.69, 9.17) is 5.84 Å². The molecule has 0 radical (unpaired) electrons. The Balaban J connectivity index is 2.11. The molecule has 0 unspecified atom stereocenters. The Morgan fingerprint density at radius 3 is 3.00 bits per heavy atom. The number of amides is 1. The predicted octanol–water partition coefficient (Wildman–Crippen LogP) is 0.653. The molecule has 1 amide bonds. The fourth-order valence-electron chi connectivity index (χ4n) is 1.79. The molecule has 0 aliphatic carbocycles. The highest BCUT2D eigenvalue weighted by Crippen LogP contribution is 2.18. The first-order valence-corrected chi connectivity index (χ1v) is 6.07. The maximum absolute atomic E-state index is 13.5. The first-order valence-electron chi connectivity index (χ1n) is 6.07. The highest BCUT2D eigenvalue weighted by atomic mass is 19.1. The molecule has 1 aromatic heterocycles. The van der Waals surface area contributed by atoms with Gasteiger partial charge in [-0.05, 0) is 19.1 Å². The zero-order chi connectivity index (χ0) is 14.5. The van der Waals surface area contributed by atoms with Crippen molar-refractivity contribution in [2.24, 2.45) is 5.84 Å². The molecule has 0 saturated carbocycles. The third-order valence-corrected chi connectivity index (χ3v) is 2.85. The van der Waals surface area contributed by atoms with E-state index >= 15 is 0 Å². The second kappa shape index (κ2) is 6.11. The highest BCUT2D eigenvalue weighted by molar-refractivity contribution is 5.99. The number of anilines is 1.